The first-order valence-electron chi connectivity index (χ1n) is 12.4. The molecule has 0 bridgehead atoms. The zero-order valence-electron chi connectivity index (χ0n) is 20.6. The third kappa shape index (κ3) is 6.79. The lowest BCUT2D eigenvalue weighted by Gasteiger charge is -2.11. The Morgan fingerprint density at radius 2 is 1.67 bits per heavy atom. The van der Waals surface area contributed by atoms with Crippen LogP contribution in [0.2, 0.25) is 5.02 Å². The number of halogens is 1. The molecule has 188 valence electrons. The van der Waals surface area contributed by atoms with Crippen molar-refractivity contribution < 1.29 is 14.3 Å². The Morgan fingerprint density at radius 1 is 0.917 bits per heavy atom. The zero-order valence-corrected chi connectivity index (χ0v) is 21.3. The van der Waals surface area contributed by atoms with Crippen LogP contribution >= 0.6 is 11.6 Å². The van der Waals surface area contributed by atoms with Crippen molar-refractivity contribution in [1.82, 2.24) is 14.9 Å². The summed E-state index contributed by atoms with van der Waals surface area (Å²) in [6, 6.07) is 23.0. The molecule has 0 saturated carbocycles. The molecule has 1 heterocycles. The van der Waals surface area contributed by atoms with Crippen molar-refractivity contribution in [3.63, 3.8) is 0 Å². The Balaban J connectivity index is 1.24. The number of hydrogen-bond acceptors (Lipinski definition) is 4. The molecule has 1 amide bonds. The summed E-state index contributed by atoms with van der Waals surface area (Å²) in [5.41, 5.74) is 2.70. The van der Waals surface area contributed by atoms with Crippen molar-refractivity contribution in [2.24, 2.45) is 0 Å². The molecule has 0 unspecified atom stereocenters. The second kappa shape index (κ2) is 13.0. The number of unbranched alkanes of at least 4 members (excludes halogenated alkanes) is 2. The van der Waals surface area contributed by atoms with Crippen LogP contribution in [0, 0.1) is 0 Å². The third-order valence-electron chi connectivity index (χ3n) is 6.07. The SMILES string of the molecule is COc1ccc(OCCCn2c(CCCCCNC(=O)c3ccccc3Cl)nc3ccccc32)cc1. The highest BCUT2D eigenvalue weighted by atomic mass is 35.5. The molecule has 0 saturated heterocycles. The number of aromatic nitrogens is 2. The largest absolute Gasteiger partial charge is 0.497 e. The van der Waals surface area contributed by atoms with Gasteiger partial charge >= 0.3 is 0 Å². The van der Waals surface area contributed by atoms with Crippen molar-refractivity contribution in [3.05, 3.63) is 89.2 Å². The number of methoxy groups -OCH3 is 1. The van der Waals surface area contributed by atoms with Gasteiger partial charge in [-0.25, -0.2) is 4.98 Å². The lowest BCUT2D eigenvalue weighted by atomic mass is 10.1. The fraction of sp³-hybridized carbons (Fsp3) is 0.310. The highest BCUT2D eigenvalue weighted by Crippen LogP contribution is 2.20. The summed E-state index contributed by atoms with van der Waals surface area (Å²) in [5.74, 6) is 2.63. The lowest BCUT2D eigenvalue weighted by molar-refractivity contribution is 0.0953. The smallest absolute Gasteiger partial charge is 0.252 e. The number of nitrogens with one attached hydrogen (secondary N) is 1. The zero-order chi connectivity index (χ0) is 25.2. The molecule has 0 aliphatic heterocycles. The van der Waals surface area contributed by atoms with Gasteiger partial charge in [0.15, 0.2) is 0 Å². The Hall–Kier alpha value is -3.51. The summed E-state index contributed by atoms with van der Waals surface area (Å²) in [4.78, 5) is 17.2. The van der Waals surface area contributed by atoms with Crippen LogP contribution in [0.1, 0.15) is 41.9 Å². The van der Waals surface area contributed by atoms with Gasteiger partial charge < -0.3 is 19.4 Å². The van der Waals surface area contributed by atoms with Crippen LogP contribution < -0.4 is 14.8 Å². The second-order valence-electron chi connectivity index (χ2n) is 8.59. The molecular weight excluding hydrogens is 474 g/mol. The summed E-state index contributed by atoms with van der Waals surface area (Å²) in [5, 5.41) is 3.44. The maximum Gasteiger partial charge on any atom is 0.252 e. The maximum absolute atomic E-state index is 12.3. The Kier molecular flexibility index (Phi) is 9.22. The molecule has 0 aliphatic carbocycles. The van der Waals surface area contributed by atoms with E-state index in [2.05, 4.69) is 28.1 Å². The normalized spacial score (nSPS) is 10.9. The highest BCUT2D eigenvalue weighted by Gasteiger charge is 2.11. The molecule has 0 spiro atoms. The van der Waals surface area contributed by atoms with Crippen molar-refractivity contribution in [2.75, 3.05) is 20.3 Å². The average Bonchev–Trinajstić information content (AvgIpc) is 3.26. The van der Waals surface area contributed by atoms with Crippen molar-refractivity contribution in [2.45, 2.75) is 38.6 Å². The van der Waals surface area contributed by atoms with E-state index < -0.39 is 0 Å². The van der Waals surface area contributed by atoms with Gasteiger partial charge in [0, 0.05) is 19.5 Å². The molecule has 0 fully saturated rings. The molecular formula is C29H32ClN3O3. The lowest BCUT2D eigenvalue weighted by Crippen LogP contribution is -2.24. The number of aryl methyl sites for hydroxylation is 2. The quantitative estimate of drug-likeness (QED) is 0.216. The van der Waals surface area contributed by atoms with Gasteiger partial charge in [0.25, 0.3) is 5.91 Å². The molecule has 1 N–H and O–H groups in total. The van der Waals surface area contributed by atoms with E-state index in [0.717, 1.165) is 67.0 Å². The fourth-order valence-corrected chi connectivity index (χ4v) is 4.40. The molecule has 36 heavy (non-hydrogen) atoms. The van der Waals surface area contributed by atoms with Gasteiger partial charge in [-0.15, -0.1) is 0 Å². The second-order valence-corrected chi connectivity index (χ2v) is 9.00. The number of benzene rings is 3. The first kappa shape index (κ1) is 25.6. The van der Waals surface area contributed by atoms with Crippen molar-refractivity contribution in [1.29, 1.82) is 0 Å². The van der Waals surface area contributed by atoms with E-state index in [1.807, 2.05) is 42.5 Å². The number of carbonyl (C=O) groups is 1. The van der Waals surface area contributed by atoms with Crippen LogP contribution in [-0.4, -0.2) is 35.7 Å². The van der Waals surface area contributed by atoms with Gasteiger partial charge in [-0.2, -0.15) is 0 Å². The number of hydrogen-bond donors (Lipinski definition) is 1. The van der Waals surface area contributed by atoms with E-state index in [-0.39, 0.29) is 5.91 Å². The first-order chi connectivity index (χ1) is 17.7. The molecule has 4 rings (SSSR count). The van der Waals surface area contributed by atoms with Crippen LogP contribution in [0.3, 0.4) is 0 Å². The van der Waals surface area contributed by atoms with Gasteiger partial charge in [-0.1, -0.05) is 42.3 Å². The molecule has 0 radical (unpaired) electrons. The molecule has 1 aromatic heterocycles. The fourth-order valence-electron chi connectivity index (χ4n) is 4.18. The summed E-state index contributed by atoms with van der Waals surface area (Å²) in [7, 11) is 1.66. The number of fused-ring (bicyclic) bond motifs is 1. The predicted octanol–water partition coefficient (Wildman–Crippen LogP) is 6.31. The first-order valence-corrected chi connectivity index (χ1v) is 12.8. The van der Waals surface area contributed by atoms with E-state index in [1.165, 1.54) is 0 Å². The van der Waals surface area contributed by atoms with Crippen LogP contribution in [0.5, 0.6) is 11.5 Å². The highest BCUT2D eigenvalue weighted by molar-refractivity contribution is 6.33. The Morgan fingerprint density at radius 3 is 2.47 bits per heavy atom. The topological polar surface area (TPSA) is 65.4 Å². The molecule has 0 aliphatic rings. The van der Waals surface area contributed by atoms with Crippen LogP contribution in [0.15, 0.2) is 72.8 Å². The molecule has 0 atom stereocenters. The summed E-state index contributed by atoms with van der Waals surface area (Å²) >= 11 is 6.10. The average molecular weight is 506 g/mol. The summed E-state index contributed by atoms with van der Waals surface area (Å²) < 4.78 is 13.4. The van der Waals surface area contributed by atoms with Gasteiger partial charge in [-0.05, 0) is 67.8 Å². The number of amides is 1. The monoisotopic (exact) mass is 505 g/mol. The minimum absolute atomic E-state index is 0.126. The number of carbonyl (C=O) groups excluding carboxylic acids is 1. The number of para-hydroxylation sites is 2. The molecule has 7 heteroatoms. The van der Waals surface area contributed by atoms with E-state index in [4.69, 9.17) is 26.1 Å². The van der Waals surface area contributed by atoms with E-state index in [1.54, 1.807) is 19.2 Å². The van der Waals surface area contributed by atoms with Gasteiger partial charge in [0.1, 0.15) is 17.3 Å². The van der Waals surface area contributed by atoms with Gasteiger partial charge in [0.2, 0.25) is 0 Å². The molecule has 3 aromatic carbocycles. The Labute approximate surface area is 217 Å². The van der Waals surface area contributed by atoms with Crippen LogP contribution in [0.25, 0.3) is 11.0 Å². The molecule has 6 nitrogen and oxygen atoms in total. The maximum atomic E-state index is 12.3. The van der Waals surface area contributed by atoms with Crippen LogP contribution in [-0.2, 0) is 13.0 Å². The van der Waals surface area contributed by atoms with E-state index in [0.29, 0.717) is 23.7 Å². The van der Waals surface area contributed by atoms with Crippen molar-refractivity contribution in [3.8, 4) is 11.5 Å². The van der Waals surface area contributed by atoms with Gasteiger partial charge in [-0.3, -0.25) is 4.79 Å². The minimum Gasteiger partial charge on any atom is -0.497 e. The predicted molar refractivity (Wildman–Crippen MR) is 144 cm³/mol. The number of ether oxygens (including phenoxy) is 2. The van der Waals surface area contributed by atoms with Crippen LogP contribution in [0.4, 0.5) is 0 Å². The number of imidazole rings is 1. The minimum atomic E-state index is -0.126. The van der Waals surface area contributed by atoms with Gasteiger partial charge in [0.05, 0.1) is 35.3 Å². The number of rotatable bonds is 13. The van der Waals surface area contributed by atoms with E-state index in [9.17, 15) is 4.79 Å². The standard InChI is InChI=1S/C29H32ClN3O3/c1-35-22-15-17-23(18-16-22)36-21-9-20-33-27-13-7-6-12-26(27)32-28(33)14-3-2-8-19-31-29(34)24-10-4-5-11-25(24)30/h4-7,10-13,15-18H,2-3,8-9,14,19-21H2,1H3,(H,31,34). The summed E-state index contributed by atoms with van der Waals surface area (Å²) in [6.45, 7) is 2.10. The summed E-state index contributed by atoms with van der Waals surface area (Å²) in [6.07, 6.45) is 4.70. The molecule has 4 aromatic rings. The number of nitrogens with zero attached hydrogens (tertiary/aromatic N) is 2. The Bertz CT molecular complexity index is 1270. The van der Waals surface area contributed by atoms with E-state index >= 15 is 0 Å². The third-order valence-corrected chi connectivity index (χ3v) is 6.40. The van der Waals surface area contributed by atoms with Crippen molar-refractivity contribution >= 4 is 28.5 Å².